The first-order valence-corrected chi connectivity index (χ1v) is 5.27. The number of rotatable bonds is 8. The van der Waals surface area contributed by atoms with Crippen molar-refractivity contribution in [2.45, 2.75) is 0 Å². The molecule has 0 rings (SSSR count). The van der Waals surface area contributed by atoms with Crippen molar-refractivity contribution in [3.8, 4) is 0 Å². The second-order valence-electron chi connectivity index (χ2n) is 2.04. The second-order valence-corrected chi connectivity index (χ2v) is 3.12. The molecule has 0 atom stereocenters. The molecule has 0 heterocycles. The second kappa shape index (κ2) is 10.6. The van der Waals surface area contributed by atoms with E-state index in [4.69, 9.17) is 9.47 Å². The van der Waals surface area contributed by atoms with Crippen LogP contribution in [0.5, 0.6) is 0 Å². The summed E-state index contributed by atoms with van der Waals surface area (Å²) in [5.74, 6) is 0. The third-order valence-electron chi connectivity index (χ3n) is 1.13. The zero-order valence-electron chi connectivity index (χ0n) is 6.94. The molecular formula is C7H16INO2. The molecule has 0 aromatic carbocycles. The normalized spacial score (nSPS) is 10.4. The summed E-state index contributed by atoms with van der Waals surface area (Å²) in [4.78, 5) is 0. The van der Waals surface area contributed by atoms with Crippen molar-refractivity contribution in [3.63, 3.8) is 0 Å². The Kier molecular flexibility index (Phi) is 11.2. The van der Waals surface area contributed by atoms with Gasteiger partial charge in [-0.05, 0) is 0 Å². The van der Waals surface area contributed by atoms with E-state index in [0.29, 0.717) is 13.2 Å². The molecule has 0 spiro atoms. The van der Waals surface area contributed by atoms with Crippen molar-refractivity contribution in [1.29, 1.82) is 0 Å². The van der Waals surface area contributed by atoms with Gasteiger partial charge in [-0.1, -0.05) is 22.6 Å². The minimum absolute atomic E-state index is 0.687. The van der Waals surface area contributed by atoms with E-state index in [0.717, 1.165) is 24.1 Å². The van der Waals surface area contributed by atoms with Crippen LogP contribution in [0.3, 0.4) is 0 Å². The summed E-state index contributed by atoms with van der Waals surface area (Å²) in [6.45, 7) is 4.16. The number of methoxy groups -OCH3 is 1. The molecule has 0 aromatic heterocycles. The van der Waals surface area contributed by atoms with Crippen molar-refractivity contribution in [3.05, 3.63) is 0 Å². The van der Waals surface area contributed by atoms with Gasteiger partial charge in [-0.3, -0.25) is 0 Å². The van der Waals surface area contributed by atoms with E-state index in [2.05, 4.69) is 27.9 Å². The lowest BCUT2D eigenvalue weighted by atomic mass is 10.6. The highest BCUT2D eigenvalue weighted by Crippen LogP contribution is 1.77. The summed E-state index contributed by atoms with van der Waals surface area (Å²) in [6, 6.07) is 0. The van der Waals surface area contributed by atoms with Crippen molar-refractivity contribution in [2.75, 3.05) is 44.4 Å². The summed E-state index contributed by atoms with van der Waals surface area (Å²) >= 11 is 2.34. The van der Waals surface area contributed by atoms with E-state index in [1.54, 1.807) is 7.11 Å². The zero-order valence-corrected chi connectivity index (χ0v) is 9.09. The topological polar surface area (TPSA) is 30.5 Å². The standard InChI is InChI=1S/C7H16INO2/c1-10-6-7-11-5-4-9-3-2-8/h9H,2-7H2,1H3. The highest BCUT2D eigenvalue weighted by atomic mass is 127. The average Bonchev–Trinajstić information content (AvgIpc) is 2.03. The molecule has 68 valence electrons. The largest absolute Gasteiger partial charge is 0.382 e. The lowest BCUT2D eigenvalue weighted by molar-refractivity contribution is 0.0722. The Morgan fingerprint density at radius 3 is 2.64 bits per heavy atom. The summed E-state index contributed by atoms with van der Waals surface area (Å²) in [5.41, 5.74) is 0. The maximum atomic E-state index is 5.23. The van der Waals surface area contributed by atoms with Gasteiger partial charge in [0.2, 0.25) is 0 Å². The van der Waals surface area contributed by atoms with Crippen molar-refractivity contribution in [1.82, 2.24) is 5.32 Å². The summed E-state index contributed by atoms with van der Waals surface area (Å²) in [5, 5.41) is 3.24. The first-order chi connectivity index (χ1) is 5.41. The summed E-state index contributed by atoms with van der Waals surface area (Å²) < 4.78 is 11.2. The Labute approximate surface area is 82.0 Å². The fourth-order valence-electron chi connectivity index (χ4n) is 0.580. The molecule has 0 aromatic rings. The first-order valence-electron chi connectivity index (χ1n) is 3.75. The lowest BCUT2D eigenvalue weighted by Gasteiger charge is -2.03. The Balaban J connectivity index is 2.69. The minimum Gasteiger partial charge on any atom is -0.382 e. The number of hydrogen-bond acceptors (Lipinski definition) is 3. The number of alkyl halides is 1. The fourth-order valence-corrected chi connectivity index (χ4v) is 0.962. The van der Waals surface area contributed by atoms with Gasteiger partial charge >= 0.3 is 0 Å². The summed E-state index contributed by atoms with van der Waals surface area (Å²) in [6.07, 6.45) is 0. The Morgan fingerprint density at radius 2 is 2.00 bits per heavy atom. The van der Waals surface area contributed by atoms with Gasteiger partial charge in [0.25, 0.3) is 0 Å². The Hall–Kier alpha value is 0.610. The van der Waals surface area contributed by atoms with E-state index in [9.17, 15) is 0 Å². The Morgan fingerprint density at radius 1 is 1.18 bits per heavy atom. The molecule has 3 nitrogen and oxygen atoms in total. The van der Waals surface area contributed by atoms with Crippen molar-refractivity contribution < 1.29 is 9.47 Å². The van der Waals surface area contributed by atoms with Crippen LogP contribution >= 0.6 is 22.6 Å². The van der Waals surface area contributed by atoms with E-state index in [1.807, 2.05) is 0 Å². The van der Waals surface area contributed by atoms with Crippen LogP contribution < -0.4 is 5.32 Å². The number of hydrogen-bond donors (Lipinski definition) is 1. The molecule has 4 heteroatoms. The number of ether oxygens (including phenoxy) is 2. The monoisotopic (exact) mass is 273 g/mol. The smallest absolute Gasteiger partial charge is 0.0700 e. The van der Waals surface area contributed by atoms with Gasteiger partial charge < -0.3 is 14.8 Å². The molecule has 0 fully saturated rings. The predicted octanol–water partition coefficient (Wildman–Crippen LogP) is 0.674. The van der Waals surface area contributed by atoms with Crippen molar-refractivity contribution in [2.24, 2.45) is 0 Å². The fraction of sp³-hybridized carbons (Fsp3) is 1.00. The quantitative estimate of drug-likeness (QED) is 0.400. The van der Waals surface area contributed by atoms with Gasteiger partial charge in [0.1, 0.15) is 0 Å². The molecule has 0 aliphatic heterocycles. The maximum absolute atomic E-state index is 5.23. The highest BCUT2D eigenvalue weighted by molar-refractivity contribution is 14.1. The van der Waals surface area contributed by atoms with Crippen LogP contribution in [0, 0.1) is 0 Å². The number of halogens is 1. The Bertz CT molecular complexity index is 65.5. The van der Waals surface area contributed by atoms with E-state index in [-0.39, 0.29) is 0 Å². The van der Waals surface area contributed by atoms with E-state index in [1.165, 1.54) is 0 Å². The van der Waals surface area contributed by atoms with Gasteiger partial charge in [-0.2, -0.15) is 0 Å². The molecule has 0 aliphatic rings. The van der Waals surface area contributed by atoms with Crippen LogP contribution in [0.25, 0.3) is 0 Å². The molecule has 0 saturated heterocycles. The minimum atomic E-state index is 0.687. The molecule has 0 unspecified atom stereocenters. The van der Waals surface area contributed by atoms with Crippen LogP contribution in [0.1, 0.15) is 0 Å². The molecule has 0 saturated carbocycles. The van der Waals surface area contributed by atoms with Gasteiger partial charge in [-0.25, -0.2) is 0 Å². The van der Waals surface area contributed by atoms with Gasteiger partial charge in [0.05, 0.1) is 19.8 Å². The van der Waals surface area contributed by atoms with Crippen LogP contribution in [-0.2, 0) is 9.47 Å². The molecular weight excluding hydrogens is 257 g/mol. The third kappa shape index (κ3) is 10.6. The van der Waals surface area contributed by atoms with Gasteiger partial charge in [0, 0.05) is 24.6 Å². The van der Waals surface area contributed by atoms with Crippen LogP contribution in [0.2, 0.25) is 0 Å². The molecule has 1 N–H and O–H groups in total. The maximum Gasteiger partial charge on any atom is 0.0700 e. The lowest BCUT2D eigenvalue weighted by Crippen LogP contribution is -2.22. The third-order valence-corrected chi connectivity index (χ3v) is 1.67. The van der Waals surface area contributed by atoms with Crippen molar-refractivity contribution >= 4 is 22.6 Å². The predicted molar refractivity (Wildman–Crippen MR) is 54.5 cm³/mol. The van der Waals surface area contributed by atoms with Gasteiger partial charge in [0.15, 0.2) is 0 Å². The average molecular weight is 273 g/mol. The highest BCUT2D eigenvalue weighted by Gasteiger charge is 1.86. The number of nitrogens with one attached hydrogen (secondary N) is 1. The van der Waals surface area contributed by atoms with Crippen LogP contribution in [0.4, 0.5) is 0 Å². The molecule has 0 amide bonds. The van der Waals surface area contributed by atoms with Gasteiger partial charge in [-0.15, -0.1) is 0 Å². The van der Waals surface area contributed by atoms with Crippen LogP contribution in [-0.4, -0.2) is 44.4 Å². The SMILES string of the molecule is COCCOCCNCCI. The molecule has 0 bridgehead atoms. The summed E-state index contributed by atoms with van der Waals surface area (Å²) in [7, 11) is 1.68. The van der Waals surface area contributed by atoms with E-state index < -0.39 is 0 Å². The van der Waals surface area contributed by atoms with E-state index >= 15 is 0 Å². The molecule has 11 heavy (non-hydrogen) atoms. The molecule has 0 aliphatic carbocycles. The van der Waals surface area contributed by atoms with Crippen LogP contribution in [0.15, 0.2) is 0 Å². The zero-order chi connectivity index (χ0) is 8.36. The first kappa shape index (κ1) is 11.6. The molecule has 0 radical (unpaired) electrons.